The minimum Gasteiger partial charge on any atom is -0.464 e. The van der Waals surface area contributed by atoms with Crippen LogP contribution in [-0.4, -0.2) is 23.0 Å². The zero-order valence-electron chi connectivity index (χ0n) is 10.3. The number of esters is 1. The first-order chi connectivity index (χ1) is 9.19. The minimum atomic E-state index is -0.500. The van der Waals surface area contributed by atoms with Crippen LogP contribution in [0, 0.1) is 0 Å². The van der Waals surface area contributed by atoms with Gasteiger partial charge in [0.1, 0.15) is 5.82 Å². The van der Waals surface area contributed by atoms with Gasteiger partial charge in [0.05, 0.1) is 19.5 Å². The van der Waals surface area contributed by atoms with Crippen molar-refractivity contribution in [2.24, 2.45) is 0 Å². The van der Waals surface area contributed by atoms with Gasteiger partial charge in [-0.2, -0.15) is 0 Å². The third-order valence-corrected chi connectivity index (χ3v) is 2.94. The molecule has 0 aliphatic heterocycles. The number of ether oxygens (including phenoxy) is 1. The predicted molar refractivity (Wildman–Crippen MR) is 74.8 cm³/mol. The van der Waals surface area contributed by atoms with Crippen LogP contribution in [0.3, 0.4) is 0 Å². The molecule has 19 heavy (non-hydrogen) atoms. The first-order valence-electron chi connectivity index (χ1n) is 5.57. The second-order valence-electron chi connectivity index (χ2n) is 3.76. The molecular formula is C13H12BrN3O2. The zero-order valence-corrected chi connectivity index (χ0v) is 11.8. The standard InChI is InChI=1S/C13H12BrN3O2/c1-19-13(18)11-7-15-8-12(17-11)16-6-9-2-4-10(14)5-3-9/h2-5,7-8H,6H2,1H3,(H,16,17). The number of carbonyl (C=O) groups is 1. The van der Waals surface area contributed by atoms with Gasteiger partial charge in [0.25, 0.3) is 0 Å². The molecule has 0 unspecified atom stereocenters. The highest BCUT2D eigenvalue weighted by atomic mass is 79.9. The third-order valence-electron chi connectivity index (χ3n) is 2.42. The highest BCUT2D eigenvalue weighted by molar-refractivity contribution is 9.10. The van der Waals surface area contributed by atoms with Crippen LogP contribution in [0.25, 0.3) is 0 Å². The Balaban J connectivity index is 2.03. The van der Waals surface area contributed by atoms with E-state index in [2.05, 4.69) is 36.0 Å². The lowest BCUT2D eigenvalue weighted by Crippen LogP contribution is -2.08. The molecule has 0 amide bonds. The van der Waals surface area contributed by atoms with Crippen LogP contribution < -0.4 is 5.32 Å². The van der Waals surface area contributed by atoms with E-state index in [1.807, 2.05) is 24.3 Å². The molecule has 1 N–H and O–H groups in total. The van der Waals surface area contributed by atoms with E-state index in [1.165, 1.54) is 13.3 Å². The van der Waals surface area contributed by atoms with Gasteiger partial charge in [-0.05, 0) is 17.7 Å². The third kappa shape index (κ3) is 3.75. The number of hydrogen-bond acceptors (Lipinski definition) is 5. The average Bonchev–Trinajstić information content (AvgIpc) is 2.46. The number of aromatic nitrogens is 2. The Bertz CT molecular complexity index is 572. The van der Waals surface area contributed by atoms with Crippen LogP contribution >= 0.6 is 15.9 Å². The Hall–Kier alpha value is -1.95. The number of hydrogen-bond donors (Lipinski definition) is 1. The number of halogens is 1. The van der Waals surface area contributed by atoms with Crippen molar-refractivity contribution in [2.75, 3.05) is 12.4 Å². The molecule has 0 radical (unpaired) electrons. The van der Waals surface area contributed by atoms with Gasteiger partial charge in [0.15, 0.2) is 5.69 Å². The molecule has 6 heteroatoms. The fourth-order valence-electron chi connectivity index (χ4n) is 1.45. The van der Waals surface area contributed by atoms with Gasteiger partial charge < -0.3 is 10.1 Å². The highest BCUT2D eigenvalue weighted by Gasteiger charge is 2.08. The summed E-state index contributed by atoms with van der Waals surface area (Å²) in [5.74, 6) is 0.0330. The van der Waals surface area contributed by atoms with Crippen molar-refractivity contribution in [1.82, 2.24) is 9.97 Å². The van der Waals surface area contributed by atoms with E-state index in [1.54, 1.807) is 6.20 Å². The number of carbonyl (C=O) groups excluding carboxylic acids is 1. The van der Waals surface area contributed by atoms with Crippen molar-refractivity contribution >= 4 is 27.7 Å². The van der Waals surface area contributed by atoms with Crippen LogP contribution in [-0.2, 0) is 11.3 Å². The lowest BCUT2D eigenvalue weighted by molar-refractivity contribution is 0.0593. The number of methoxy groups -OCH3 is 1. The second-order valence-corrected chi connectivity index (χ2v) is 4.68. The molecule has 1 aromatic heterocycles. The fourth-order valence-corrected chi connectivity index (χ4v) is 1.71. The smallest absolute Gasteiger partial charge is 0.358 e. The van der Waals surface area contributed by atoms with Crippen molar-refractivity contribution in [2.45, 2.75) is 6.54 Å². The van der Waals surface area contributed by atoms with Crippen molar-refractivity contribution in [3.05, 3.63) is 52.4 Å². The number of nitrogens with one attached hydrogen (secondary N) is 1. The Morgan fingerprint density at radius 3 is 2.74 bits per heavy atom. The molecule has 0 spiro atoms. The fraction of sp³-hybridized carbons (Fsp3) is 0.154. The first kappa shape index (κ1) is 13.5. The maximum atomic E-state index is 11.3. The van der Waals surface area contributed by atoms with Gasteiger partial charge >= 0.3 is 5.97 Å². The van der Waals surface area contributed by atoms with E-state index >= 15 is 0 Å². The van der Waals surface area contributed by atoms with Gasteiger partial charge in [0, 0.05) is 11.0 Å². The Morgan fingerprint density at radius 1 is 1.32 bits per heavy atom. The molecule has 1 aromatic carbocycles. The SMILES string of the molecule is COC(=O)c1cncc(NCc2ccc(Br)cc2)n1. The Kier molecular flexibility index (Phi) is 4.46. The van der Waals surface area contributed by atoms with Gasteiger partial charge in [-0.3, -0.25) is 4.98 Å². The Morgan fingerprint density at radius 2 is 2.05 bits per heavy atom. The molecule has 2 aromatic rings. The lowest BCUT2D eigenvalue weighted by Gasteiger charge is -2.06. The first-order valence-corrected chi connectivity index (χ1v) is 6.37. The summed E-state index contributed by atoms with van der Waals surface area (Å²) in [6.07, 6.45) is 2.93. The number of benzene rings is 1. The molecule has 0 atom stereocenters. The van der Waals surface area contributed by atoms with E-state index in [-0.39, 0.29) is 5.69 Å². The summed E-state index contributed by atoms with van der Waals surface area (Å²) in [5, 5.41) is 3.10. The summed E-state index contributed by atoms with van der Waals surface area (Å²) in [5.41, 5.74) is 1.29. The number of anilines is 1. The summed E-state index contributed by atoms with van der Waals surface area (Å²) in [4.78, 5) is 19.4. The van der Waals surface area contributed by atoms with Crippen molar-refractivity contribution in [3.8, 4) is 0 Å². The molecule has 1 heterocycles. The van der Waals surface area contributed by atoms with Gasteiger partial charge in [-0.25, -0.2) is 9.78 Å². The summed E-state index contributed by atoms with van der Waals surface area (Å²) < 4.78 is 5.62. The molecule has 0 bridgehead atoms. The van der Waals surface area contributed by atoms with Crippen molar-refractivity contribution in [1.29, 1.82) is 0 Å². The normalized spacial score (nSPS) is 10.0. The maximum Gasteiger partial charge on any atom is 0.358 e. The second kappa shape index (κ2) is 6.29. The van der Waals surface area contributed by atoms with Crippen LogP contribution in [0.4, 0.5) is 5.82 Å². The maximum absolute atomic E-state index is 11.3. The molecule has 0 aliphatic rings. The number of rotatable bonds is 4. The minimum absolute atomic E-state index is 0.184. The van der Waals surface area contributed by atoms with Crippen molar-refractivity contribution in [3.63, 3.8) is 0 Å². The molecule has 0 aliphatic carbocycles. The topological polar surface area (TPSA) is 64.1 Å². The zero-order chi connectivity index (χ0) is 13.7. The Labute approximate surface area is 119 Å². The monoisotopic (exact) mass is 321 g/mol. The molecular weight excluding hydrogens is 310 g/mol. The molecule has 5 nitrogen and oxygen atoms in total. The largest absolute Gasteiger partial charge is 0.464 e. The highest BCUT2D eigenvalue weighted by Crippen LogP contribution is 2.12. The summed E-state index contributed by atoms with van der Waals surface area (Å²) in [7, 11) is 1.31. The van der Waals surface area contributed by atoms with Crippen LogP contribution in [0.1, 0.15) is 16.1 Å². The predicted octanol–water partition coefficient (Wildman–Crippen LogP) is 2.64. The summed E-state index contributed by atoms with van der Waals surface area (Å²) in [6.45, 7) is 0.604. The van der Waals surface area contributed by atoms with Crippen molar-refractivity contribution < 1.29 is 9.53 Å². The quantitative estimate of drug-likeness (QED) is 0.877. The molecule has 0 saturated heterocycles. The van der Waals surface area contributed by atoms with E-state index in [0.29, 0.717) is 12.4 Å². The summed E-state index contributed by atoms with van der Waals surface area (Å²) in [6, 6.07) is 7.92. The van der Waals surface area contributed by atoms with E-state index < -0.39 is 5.97 Å². The van der Waals surface area contributed by atoms with Crippen LogP contribution in [0.5, 0.6) is 0 Å². The van der Waals surface area contributed by atoms with Gasteiger partial charge in [-0.1, -0.05) is 28.1 Å². The van der Waals surface area contributed by atoms with Crippen LogP contribution in [0.15, 0.2) is 41.1 Å². The molecule has 0 fully saturated rings. The lowest BCUT2D eigenvalue weighted by atomic mass is 10.2. The van der Waals surface area contributed by atoms with Gasteiger partial charge in [-0.15, -0.1) is 0 Å². The van der Waals surface area contributed by atoms with E-state index in [9.17, 15) is 4.79 Å². The molecule has 2 rings (SSSR count). The molecule has 98 valence electrons. The van der Waals surface area contributed by atoms with Crippen LogP contribution in [0.2, 0.25) is 0 Å². The molecule has 0 saturated carbocycles. The summed E-state index contributed by atoms with van der Waals surface area (Å²) >= 11 is 3.38. The number of nitrogens with zero attached hydrogens (tertiary/aromatic N) is 2. The van der Waals surface area contributed by atoms with Gasteiger partial charge in [0.2, 0.25) is 0 Å². The average molecular weight is 322 g/mol. The van der Waals surface area contributed by atoms with E-state index in [0.717, 1.165) is 10.0 Å². The van der Waals surface area contributed by atoms with E-state index in [4.69, 9.17) is 0 Å².